The maximum absolute atomic E-state index is 5.69. The second-order valence-corrected chi connectivity index (χ2v) is 3.65. The number of nitrogens with zero attached hydrogens (tertiary/aromatic N) is 1. The van der Waals surface area contributed by atoms with Crippen molar-refractivity contribution in [3.63, 3.8) is 0 Å². The molecular formula is C10H12Cl2N2O. The minimum Gasteiger partial charge on any atom is -0.486 e. The average Bonchev–Trinajstić information content (AvgIpc) is 2.26. The number of pyridine rings is 1. The zero-order valence-corrected chi connectivity index (χ0v) is 9.85. The Labute approximate surface area is 98.8 Å². The summed E-state index contributed by atoms with van der Waals surface area (Å²) in [6, 6.07) is 3.68. The lowest BCUT2D eigenvalue weighted by Gasteiger charge is -2.09. The van der Waals surface area contributed by atoms with E-state index in [4.69, 9.17) is 33.7 Å². The molecule has 0 saturated carbocycles. The van der Waals surface area contributed by atoms with Crippen LogP contribution in [0.15, 0.2) is 22.7 Å². The Bertz CT molecular complexity index is 366. The fourth-order valence-electron chi connectivity index (χ4n) is 1.05. The second kappa shape index (κ2) is 5.95. The van der Waals surface area contributed by atoms with E-state index in [-0.39, 0.29) is 6.61 Å². The molecule has 0 bridgehead atoms. The van der Waals surface area contributed by atoms with Gasteiger partial charge in [-0.05, 0) is 19.1 Å². The van der Waals surface area contributed by atoms with Crippen LogP contribution in [0.5, 0.6) is 5.75 Å². The minimum absolute atomic E-state index is 0.225. The van der Waals surface area contributed by atoms with Crippen molar-refractivity contribution >= 4 is 23.2 Å². The van der Waals surface area contributed by atoms with E-state index in [0.29, 0.717) is 23.0 Å². The minimum atomic E-state index is 0.225. The lowest BCUT2D eigenvalue weighted by Crippen LogP contribution is -2.06. The third kappa shape index (κ3) is 3.70. The molecule has 0 unspecified atom stereocenters. The van der Waals surface area contributed by atoms with Gasteiger partial charge in [0.15, 0.2) is 0 Å². The van der Waals surface area contributed by atoms with E-state index >= 15 is 0 Å². The predicted molar refractivity (Wildman–Crippen MR) is 62.1 cm³/mol. The van der Waals surface area contributed by atoms with Crippen LogP contribution in [-0.2, 0) is 6.54 Å². The van der Waals surface area contributed by atoms with Gasteiger partial charge in [-0.3, -0.25) is 4.98 Å². The summed E-state index contributed by atoms with van der Waals surface area (Å²) in [6.45, 7) is 2.45. The number of hydrogen-bond donors (Lipinski definition) is 1. The summed E-state index contributed by atoms with van der Waals surface area (Å²) in [7, 11) is 0. The molecule has 3 nitrogen and oxygen atoms in total. The number of hydrogen-bond acceptors (Lipinski definition) is 3. The number of aryl methyl sites for hydroxylation is 1. The van der Waals surface area contributed by atoms with Crippen LogP contribution in [0.3, 0.4) is 0 Å². The van der Waals surface area contributed by atoms with Crippen LogP contribution in [0.2, 0.25) is 0 Å². The van der Waals surface area contributed by atoms with Crippen LogP contribution in [0, 0.1) is 6.92 Å². The van der Waals surface area contributed by atoms with Crippen LogP contribution in [0.4, 0.5) is 0 Å². The highest BCUT2D eigenvalue weighted by molar-refractivity contribution is 6.36. The molecule has 1 aromatic rings. The first-order valence-electron chi connectivity index (χ1n) is 4.41. The third-order valence-corrected chi connectivity index (χ3v) is 2.34. The maximum atomic E-state index is 5.69. The number of halogens is 2. The Morgan fingerprint density at radius 2 is 2.33 bits per heavy atom. The fraction of sp³-hybridized carbons (Fsp3) is 0.300. The molecule has 0 spiro atoms. The van der Waals surface area contributed by atoms with Gasteiger partial charge in [0.05, 0.1) is 10.7 Å². The zero-order chi connectivity index (χ0) is 11.3. The van der Waals surface area contributed by atoms with Crippen LogP contribution < -0.4 is 10.5 Å². The Morgan fingerprint density at radius 1 is 1.60 bits per heavy atom. The van der Waals surface area contributed by atoms with E-state index < -0.39 is 0 Å². The SMILES string of the molecule is Cc1ccc(OCC(Cl)=CCl)c(CN)n1. The number of rotatable bonds is 4. The zero-order valence-electron chi connectivity index (χ0n) is 8.34. The smallest absolute Gasteiger partial charge is 0.142 e. The number of aromatic nitrogens is 1. The standard InChI is InChI=1S/C10H12Cl2N2O/c1-7-2-3-10(9(5-13)14-7)15-6-8(12)4-11/h2-4H,5-6,13H2,1H3. The summed E-state index contributed by atoms with van der Waals surface area (Å²) in [6.07, 6.45) is 0. The third-order valence-electron chi connectivity index (χ3n) is 1.75. The molecule has 1 rings (SSSR count). The van der Waals surface area contributed by atoms with Gasteiger partial charge in [-0.15, -0.1) is 0 Å². The van der Waals surface area contributed by atoms with E-state index in [1.165, 1.54) is 5.54 Å². The molecule has 5 heteroatoms. The molecule has 2 N–H and O–H groups in total. The van der Waals surface area contributed by atoms with E-state index in [9.17, 15) is 0 Å². The van der Waals surface area contributed by atoms with Crippen LogP contribution in [-0.4, -0.2) is 11.6 Å². The van der Waals surface area contributed by atoms with E-state index in [0.717, 1.165) is 5.69 Å². The van der Waals surface area contributed by atoms with Gasteiger partial charge in [0.2, 0.25) is 0 Å². The normalized spacial score (nSPS) is 11.6. The summed E-state index contributed by atoms with van der Waals surface area (Å²) in [5, 5.41) is 0.431. The first-order valence-corrected chi connectivity index (χ1v) is 5.23. The molecular weight excluding hydrogens is 235 g/mol. The lowest BCUT2D eigenvalue weighted by molar-refractivity contribution is 0.353. The van der Waals surface area contributed by atoms with Gasteiger partial charge in [0.1, 0.15) is 12.4 Å². The average molecular weight is 247 g/mol. The molecule has 0 aliphatic carbocycles. The topological polar surface area (TPSA) is 48.1 Å². The number of nitrogens with two attached hydrogens (primary N) is 1. The highest BCUT2D eigenvalue weighted by Crippen LogP contribution is 2.17. The molecule has 0 saturated heterocycles. The predicted octanol–water partition coefficient (Wildman–Crippen LogP) is 2.55. The first kappa shape index (κ1) is 12.3. The summed E-state index contributed by atoms with van der Waals surface area (Å²) in [5.41, 5.74) is 8.43. The van der Waals surface area contributed by atoms with Gasteiger partial charge in [-0.1, -0.05) is 23.2 Å². The van der Waals surface area contributed by atoms with Crippen molar-refractivity contribution in [3.8, 4) is 5.75 Å². The summed E-state index contributed by atoms with van der Waals surface area (Å²) in [4.78, 5) is 4.25. The first-order chi connectivity index (χ1) is 7.17. The molecule has 0 radical (unpaired) electrons. The van der Waals surface area contributed by atoms with Gasteiger partial charge in [0.25, 0.3) is 0 Å². The Kier molecular flexibility index (Phi) is 4.88. The van der Waals surface area contributed by atoms with E-state index in [1.807, 2.05) is 19.1 Å². The van der Waals surface area contributed by atoms with Crippen molar-refractivity contribution in [2.75, 3.05) is 6.61 Å². The monoisotopic (exact) mass is 246 g/mol. The van der Waals surface area contributed by atoms with Crippen molar-refractivity contribution in [2.24, 2.45) is 5.73 Å². The highest BCUT2D eigenvalue weighted by Gasteiger charge is 2.04. The lowest BCUT2D eigenvalue weighted by atomic mass is 10.3. The molecule has 0 aromatic carbocycles. The highest BCUT2D eigenvalue weighted by atomic mass is 35.5. The molecule has 0 amide bonds. The van der Waals surface area contributed by atoms with E-state index in [2.05, 4.69) is 4.98 Å². The van der Waals surface area contributed by atoms with E-state index in [1.54, 1.807) is 0 Å². The fourth-order valence-corrected chi connectivity index (χ4v) is 1.17. The maximum Gasteiger partial charge on any atom is 0.142 e. The van der Waals surface area contributed by atoms with Gasteiger partial charge >= 0.3 is 0 Å². The van der Waals surface area contributed by atoms with Crippen molar-refractivity contribution in [1.82, 2.24) is 4.98 Å². The molecule has 1 heterocycles. The van der Waals surface area contributed by atoms with Crippen LogP contribution in [0.1, 0.15) is 11.4 Å². The molecule has 1 aromatic heterocycles. The van der Waals surface area contributed by atoms with Crippen LogP contribution in [0.25, 0.3) is 0 Å². The van der Waals surface area contributed by atoms with Crippen molar-refractivity contribution < 1.29 is 4.74 Å². The van der Waals surface area contributed by atoms with Crippen LogP contribution >= 0.6 is 23.2 Å². The number of ether oxygens (including phenoxy) is 1. The summed E-state index contributed by atoms with van der Waals surface area (Å²) < 4.78 is 5.41. The molecule has 0 atom stereocenters. The quantitative estimate of drug-likeness (QED) is 0.889. The summed E-state index contributed by atoms with van der Waals surface area (Å²) >= 11 is 11.1. The second-order valence-electron chi connectivity index (χ2n) is 2.95. The Morgan fingerprint density at radius 3 is 2.93 bits per heavy atom. The van der Waals surface area contributed by atoms with Gasteiger partial charge in [-0.25, -0.2) is 0 Å². The molecule has 0 fully saturated rings. The molecule has 0 aliphatic rings. The van der Waals surface area contributed by atoms with Gasteiger partial charge < -0.3 is 10.5 Å². The van der Waals surface area contributed by atoms with Crippen molar-refractivity contribution in [3.05, 3.63) is 34.1 Å². The Balaban J connectivity index is 2.76. The van der Waals surface area contributed by atoms with Crippen molar-refractivity contribution in [2.45, 2.75) is 13.5 Å². The van der Waals surface area contributed by atoms with Gasteiger partial charge in [0, 0.05) is 17.8 Å². The molecule has 15 heavy (non-hydrogen) atoms. The van der Waals surface area contributed by atoms with Crippen molar-refractivity contribution in [1.29, 1.82) is 0 Å². The molecule has 0 aliphatic heterocycles. The largest absolute Gasteiger partial charge is 0.486 e. The Hall–Kier alpha value is -0.770. The van der Waals surface area contributed by atoms with Gasteiger partial charge in [-0.2, -0.15) is 0 Å². The molecule has 82 valence electrons. The summed E-state index contributed by atoms with van der Waals surface area (Å²) in [5.74, 6) is 0.639.